The lowest BCUT2D eigenvalue weighted by Crippen LogP contribution is -2.31. The van der Waals surface area contributed by atoms with Crippen LogP contribution in [0.25, 0.3) is 0 Å². The lowest BCUT2D eigenvalue weighted by atomic mass is 10.2. The molecule has 0 aliphatic carbocycles. The van der Waals surface area contributed by atoms with Crippen molar-refractivity contribution in [2.45, 2.75) is 0 Å². The molecule has 0 heterocycles. The first kappa shape index (κ1) is 14.9. The third-order valence-corrected chi connectivity index (χ3v) is 2.45. The van der Waals surface area contributed by atoms with Crippen LogP contribution < -0.4 is 0 Å². The molecule has 0 aliphatic rings. The summed E-state index contributed by atoms with van der Waals surface area (Å²) >= 11 is 5.42. The first-order valence-electron chi connectivity index (χ1n) is 5.40. The summed E-state index contributed by atoms with van der Waals surface area (Å²) in [4.78, 5) is 13.1. The topological polar surface area (TPSA) is 29.5 Å². The zero-order chi connectivity index (χ0) is 13.5. The number of rotatable bonds is 6. The Hall–Kier alpha value is -1.20. The van der Waals surface area contributed by atoms with Gasteiger partial charge in [0.05, 0.1) is 18.8 Å². The summed E-state index contributed by atoms with van der Waals surface area (Å²) in [6.45, 7) is 0.968. The zero-order valence-electron chi connectivity index (χ0n) is 9.96. The van der Waals surface area contributed by atoms with Gasteiger partial charge in [0.1, 0.15) is 11.6 Å². The average Bonchev–Trinajstić information content (AvgIpc) is 2.36. The molecule has 0 radical (unpaired) electrons. The van der Waals surface area contributed by atoms with E-state index in [2.05, 4.69) is 0 Å². The minimum atomic E-state index is -0.741. The van der Waals surface area contributed by atoms with Gasteiger partial charge in [0, 0.05) is 19.5 Å². The summed E-state index contributed by atoms with van der Waals surface area (Å²) in [5, 5.41) is 0. The van der Waals surface area contributed by atoms with E-state index in [4.69, 9.17) is 16.3 Å². The van der Waals surface area contributed by atoms with Crippen molar-refractivity contribution in [1.29, 1.82) is 0 Å². The highest BCUT2D eigenvalue weighted by atomic mass is 35.5. The number of benzene rings is 1. The van der Waals surface area contributed by atoms with Crippen LogP contribution in [0.1, 0.15) is 10.4 Å². The van der Waals surface area contributed by atoms with Gasteiger partial charge in [-0.1, -0.05) is 0 Å². The van der Waals surface area contributed by atoms with Crippen LogP contribution in [-0.2, 0) is 4.74 Å². The summed E-state index contributed by atoms with van der Waals surface area (Å²) in [6.07, 6.45) is 0. The van der Waals surface area contributed by atoms with Crippen molar-refractivity contribution in [3.8, 4) is 0 Å². The molecule has 18 heavy (non-hydrogen) atoms. The summed E-state index contributed by atoms with van der Waals surface area (Å²) in [5.41, 5.74) is -0.283. The second kappa shape index (κ2) is 7.28. The number of alkyl halides is 1. The minimum Gasteiger partial charge on any atom is -0.378 e. The van der Waals surface area contributed by atoms with E-state index in [0.717, 1.165) is 18.2 Å². The van der Waals surface area contributed by atoms with E-state index >= 15 is 0 Å². The highest BCUT2D eigenvalue weighted by Crippen LogP contribution is 2.11. The van der Waals surface area contributed by atoms with Gasteiger partial charge < -0.3 is 9.64 Å². The number of carbonyl (C=O) groups excluding carboxylic acids is 1. The Labute approximate surface area is 109 Å². The lowest BCUT2D eigenvalue weighted by molar-refractivity contribution is 0.0707. The Kier molecular flexibility index (Phi) is 6.01. The Bertz CT molecular complexity index is 415. The first-order valence-corrected chi connectivity index (χ1v) is 5.94. The van der Waals surface area contributed by atoms with Crippen molar-refractivity contribution >= 4 is 17.5 Å². The number of carbonyl (C=O) groups is 1. The van der Waals surface area contributed by atoms with E-state index in [1.165, 1.54) is 11.9 Å². The maximum absolute atomic E-state index is 13.4. The molecule has 1 rings (SSSR count). The van der Waals surface area contributed by atoms with Gasteiger partial charge in [-0.2, -0.15) is 0 Å². The summed E-state index contributed by atoms with van der Waals surface area (Å²) in [7, 11) is 1.50. The fourth-order valence-corrected chi connectivity index (χ4v) is 1.44. The van der Waals surface area contributed by atoms with Crippen molar-refractivity contribution in [2.24, 2.45) is 0 Å². The van der Waals surface area contributed by atoms with Crippen molar-refractivity contribution in [1.82, 2.24) is 4.90 Å². The van der Waals surface area contributed by atoms with Gasteiger partial charge >= 0.3 is 0 Å². The number of nitrogens with zero attached hydrogens (tertiary/aromatic N) is 1. The molecule has 0 spiro atoms. The molecule has 0 N–H and O–H groups in total. The first-order chi connectivity index (χ1) is 8.56. The Morgan fingerprint density at radius 1 is 1.39 bits per heavy atom. The van der Waals surface area contributed by atoms with Gasteiger partial charge in [0.15, 0.2) is 0 Å². The molecule has 0 saturated heterocycles. The van der Waals surface area contributed by atoms with Crippen LogP contribution >= 0.6 is 11.6 Å². The van der Waals surface area contributed by atoms with Gasteiger partial charge in [0.25, 0.3) is 5.91 Å². The van der Waals surface area contributed by atoms with Crippen molar-refractivity contribution in [3.05, 3.63) is 35.4 Å². The Morgan fingerprint density at radius 3 is 2.78 bits per heavy atom. The number of amides is 1. The molecule has 1 aromatic carbocycles. The van der Waals surface area contributed by atoms with Gasteiger partial charge in [-0.15, -0.1) is 11.6 Å². The van der Waals surface area contributed by atoms with Crippen LogP contribution in [0.2, 0.25) is 0 Å². The number of ether oxygens (including phenoxy) is 1. The van der Waals surface area contributed by atoms with E-state index in [1.54, 1.807) is 0 Å². The number of hydrogen-bond acceptors (Lipinski definition) is 2. The van der Waals surface area contributed by atoms with Crippen molar-refractivity contribution in [2.75, 3.05) is 32.7 Å². The van der Waals surface area contributed by atoms with E-state index in [0.29, 0.717) is 19.1 Å². The molecule has 0 aliphatic heterocycles. The van der Waals surface area contributed by atoms with E-state index in [1.807, 2.05) is 0 Å². The van der Waals surface area contributed by atoms with Crippen LogP contribution in [0.5, 0.6) is 0 Å². The third kappa shape index (κ3) is 4.23. The standard InChI is InChI=1S/C12H14ClF2NO2/c1-16(5-7-18-6-4-13)12(17)10-8-9(14)2-3-11(10)15/h2-3,8H,4-7H2,1H3. The molecule has 0 aromatic heterocycles. The fourth-order valence-electron chi connectivity index (χ4n) is 1.33. The van der Waals surface area contributed by atoms with E-state index in [9.17, 15) is 13.6 Å². The van der Waals surface area contributed by atoms with Gasteiger partial charge in [-0.3, -0.25) is 4.79 Å². The normalized spacial score (nSPS) is 10.4. The van der Waals surface area contributed by atoms with Crippen molar-refractivity contribution in [3.63, 3.8) is 0 Å². The highest BCUT2D eigenvalue weighted by Gasteiger charge is 2.16. The van der Waals surface area contributed by atoms with Gasteiger partial charge in [-0.25, -0.2) is 8.78 Å². The molecule has 0 unspecified atom stereocenters. The summed E-state index contributed by atoms with van der Waals surface area (Å²) < 4.78 is 31.4. The van der Waals surface area contributed by atoms with Crippen LogP contribution in [0.3, 0.4) is 0 Å². The average molecular weight is 278 g/mol. The Balaban J connectivity index is 2.60. The van der Waals surface area contributed by atoms with E-state index < -0.39 is 17.5 Å². The summed E-state index contributed by atoms with van der Waals surface area (Å²) in [5.74, 6) is -1.60. The molecule has 6 heteroatoms. The molecule has 0 saturated carbocycles. The molecule has 1 amide bonds. The fraction of sp³-hybridized carbons (Fsp3) is 0.417. The largest absolute Gasteiger partial charge is 0.378 e. The molecule has 3 nitrogen and oxygen atoms in total. The van der Waals surface area contributed by atoms with Gasteiger partial charge in [0.2, 0.25) is 0 Å². The molecular formula is C12H14ClF2NO2. The molecule has 100 valence electrons. The predicted molar refractivity (Wildman–Crippen MR) is 64.9 cm³/mol. The van der Waals surface area contributed by atoms with Crippen LogP contribution in [0.4, 0.5) is 8.78 Å². The molecule has 0 bridgehead atoms. The molecular weight excluding hydrogens is 264 g/mol. The quantitative estimate of drug-likeness (QED) is 0.590. The Morgan fingerprint density at radius 2 is 2.11 bits per heavy atom. The lowest BCUT2D eigenvalue weighted by Gasteiger charge is -2.17. The molecule has 1 aromatic rings. The van der Waals surface area contributed by atoms with Crippen molar-refractivity contribution < 1.29 is 18.3 Å². The maximum atomic E-state index is 13.4. The third-order valence-electron chi connectivity index (χ3n) is 2.30. The zero-order valence-corrected chi connectivity index (χ0v) is 10.7. The minimum absolute atomic E-state index is 0.283. The highest BCUT2D eigenvalue weighted by molar-refractivity contribution is 6.17. The number of halogens is 3. The van der Waals surface area contributed by atoms with Crippen LogP contribution in [0.15, 0.2) is 18.2 Å². The number of likely N-dealkylation sites (N-methyl/N-ethyl adjacent to an activating group) is 1. The maximum Gasteiger partial charge on any atom is 0.256 e. The SMILES string of the molecule is CN(CCOCCCl)C(=O)c1cc(F)ccc1F. The molecule has 0 fully saturated rings. The number of hydrogen-bond donors (Lipinski definition) is 0. The predicted octanol–water partition coefficient (Wildman–Crippen LogP) is 2.29. The smallest absolute Gasteiger partial charge is 0.256 e. The second-order valence-corrected chi connectivity index (χ2v) is 4.03. The monoisotopic (exact) mass is 277 g/mol. The summed E-state index contributed by atoms with van der Waals surface area (Å²) in [6, 6.07) is 2.78. The van der Waals surface area contributed by atoms with E-state index in [-0.39, 0.29) is 12.1 Å². The molecule has 0 atom stereocenters. The second-order valence-electron chi connectivity index (χ2n) is 3.65. The van der Waals surface area contributed by atoms with Crippen LogP contribution in [0, 0.1) is 11.6 Å². The van der Waals surface area contributed by atoms with Gasteiger partial charge in [-0.05, 0) is 18.2 Å². The van der Waals surface area contributed by atoms with Crippen LogP contribution in [-0.4, -0.2) is 43.5 Å².